The standard InChI is InChI=1S/C20H22N4O2S/c1-4-16-8-10-17(11-9-16)19(13-23(25)26)27-20-22-21-15(3)24(20)18-7-5-6-14(2)12-18/h5-12,19H,4,13H2,1-3H3/t19-/m0/s1. The molecule has 1 aromatic heterocycles. The first-order chi connectivity index (χ1) is 13.0. The molecular formula is C20H22N4O2S. The van der Waals surface area contributed by atoms with E-state index in [1.54, 1.807) is 0 Å². The lowest BCUT2D eigenvalue weighted by molar-refractivity contribution is -0.479. The molecule has 7 heteroatoms. The van der Waals surface area contributed by atoms with E-state index in [1.807, 2.05) is 60.9 Å². The highest BCUT2D eigenvalue weighted by molar-refractivity contribution is 7.99. The molecule has 0 N–H and O–H groups in total. The molecule has 140 valence electrons. The van der Waals surface area contributed by atoms with E-state index in [4.69, 9.17) is 0 Å². The van der Waals surface area contributed by atoms with Crippen LogP contribution in [0.3, 0.4) is 0 Å². The van der Waals surface area contributed by atoms with Crippen molar-refractivity contribution in [2.24, 2.45) is 0 Å². The van der Waals surface area contributed by atoms with Gasteiger partial charge in [-0.2, -0.15) is 0 Å². The van der Waals surface area contributed by atoms with E-state index in [2.05, 4.69) is 23.2 Å². The number of benzene rings is 2. The van der Waals surface area contributed by atoms with Crippen LogP contribution in [0, 0.1) is 24.0 Å². The summed E-state index contributed by atoms with van der Waals surface area (Å²) in [5.74, 6) is 0.754. The summed E-state index contributed by atoms with van der Waals surface area (Å²) < 4.78 is 1.95. The first-order valence-corrected chi connectivity index (χ1v) is 9.72. The number of hydrogen-bond acceptors (Lipinski definition) is 5. The second-order valence-corrected chi connectivity index (χ2v) is 7.59. The number of aromatic nitrogens is 3. The number of hydrogen-bond donors (Lipinski definition) is 0. The van der Waals surface area contributed by atoms with Crippen molar-refractivity contribution in [3.63, 3.8) is 0 Å². The topological polar surface area (TPSA) is 73.8 Å². The third-order valence-electron chi connectivity index (χ3n) is 4.38. The first-order valence-electron chi connectivity index (χ1n) is 8.84. The van der Waals surface area contributed by atoms with Gasteiger partial charge in [0.1, 0.15) is 11.1 Å². The quantitative estimate of drug-likeness (QED) is 0.340. The van der Waals surface area contributed by atoms with E-state index in [9.17, 15) is 10.1 Å². The summed E-state index contributed by atoms with van der Waals surface area (Å²) in [4.78, 5) is 11.0. The number of aryl methyl sites for hydroxylation is 3. The van der Waals surface area contributed by atoms with Crippen LogP contribution in [0.25, 0.3) is 5.69 Å². The minimum Gasteiger partial charge on any atom is -0.274 e. The molecule has 0 saturated carbocycles. The van der Waals surface area contributed by atoms with E-state index < -0.39 is 0 Å². The Kier molecular flexibility index (Phi) is 5.91. The third-order valence-corrected chi connectivity index (χ3v) is 5.56. The number of rotatable bonds is 7. The Morgan fingerprint density at radius 1 is 1.15 bits per heavy atom. The SMILES string of the molecule is CCc1ccc([C@H](C[N+](=O)[O-])Sc2nnc(C)n2-c2cccc(C)c2)cc1. The first kappa shape index (κ1) is 19.1. The van der Waals surface area contributed by atoms with Gasteiger partial charge >= 0.3 is 0 Å². The summed E-state index contributed by atoms with van der Waals surface area (Å²) in [6.07, 6.45) is 0.939. The molecule has 0 aliphatic heterocycles. The van der Waals surface area contributed by atoms with Crippen LogP contribution < -0.4 is 0 Å². The van der Waals surface area contributed by atoms with Gasteiger partial charge in [-0.25, -0.2) is 0 Å². The Hall–Kier alpha value is -2.67. The molecule has 1 atom stereocenters. The van der Waals surface area contributed by atoms with Crippen molar-refractivity contribution in [3.05, 3.63) is 81.2 Å². The molecule has 27 heavy (non-hydrogen) atoms. The largest absolute Gasteiger partial charge is 0.274 e. The third kappa shape index (κ3) is 4.54. The van der Waals surface area contributed by atoms with Gasteiger partial charge in [-0.3, -0.25) is 14.7 Å². The summed E-state index contributed by atoms with van der Waals surface area (Å²) in [5.41, 5.74) is 4.22. The molecule has 0 aliphatic rings. The maximum atomic E-state index is 11.3. The van der Waals surface area contributed by atoms with Gasteiger partial charge in [-0.1, -0.05) is 55.1 Å². The smallest absolute Gasteiger partial charge is 0.220 e. The van der Waals surface area contributed by atoms with E-state index in [1.165, 1.54) is 17.3 Å². The molecule has 0 saturated heterocycles. The molecule has 0 amide bonds. The number of nitrogens with zero attached hydrogens (tertiary/aromatic N) is 4. The van der Waals surface area contributed by atoms with E-state index >= 15 is 0 Å². The van der Waals surface area contributed by atoms with Crippen LogP contribution in [-0.4, -0.2) is 26.2 Å². The van der Waals surface area contributed by atoms with Gasteiger partial charge in [-0.05, 0) is 49.1 Å². The van der Waals surface area contributed by atoms with Gasteiger partial charge in [0.15, 0.2) is 5.16 Å². The molecule has 1 heterocycles. The molecule has 2 aromatic carbocycles. The fourth-order valence-electron chi connectivity index (χ4n) is 2.92. The molecule has 0 aliphatic carbocycles. The Balaban J connectivity index is 1.95. The lowest BCUT2D eigenvalue weighted by Crippen LogP contribution is -2.11. The van der Waals surface area contributed by atoms with Gasteiger partial charge in [0, 0.05) is 10.6 Å². The van der Waals surface area contributed by atoms with Crippen LogP contribution >= 0.6 is 11.8 Å². The predicted molar refractivity (Wildman–Crippen MR) is 107 cm³/mol. The minimum atomic E-state index is -0.335. The molecule has 3 aromatic rings. The zero-order chi connectivity index (χ0) is 19.4. The van der Waals surface area contributed by atoms with E-state index in [-0.39, 0.29) is 16.7 Å². The highest BCUT2D eigenvalue weighted by Crippen LogP contribution is 2.36. The Morgan fingerprint density at radius 3 is 2.52 bits per heavy atom. The molecule has 3 rings (SSSR count). The zero-order valence-corrected chi connectivity index (χ0v) is 16.4. The number of thioether (sulfide) groups is 1. The molecule has 0 fully saturated rings. The normalized spacial score (nSPS) is 12.1. The van der Waals surface area contributed by atoms with Crippen molar-refractivity contribution in [2.75, 3.05) is 6.54 Å². The zero-order valence-electron chi connectivity index (χ0n) is 15.6. The van der Waals surface area contributed by atoms with Crippen LogP contribution in [0.4, 0.5) is 0 Å². The highest BCUT2D eigenvalue weighted by atomic mass is 32.2. The lowest BCUT2D eigenvalue weighted by Gasteiger charge is -2.15. The van der Waals surface area contributed by atoms with Crippen LogP contribution in [-0.2, 0) is 6.42 Å². The Bertz CT molecular complexity index is 937. The van der Waals surface area contributed by atoms with Crippen molar-refractivity contribution >= 4 is 11.8 Å². The summed E-state index contributed by atoms with van der Waals surface area (Å²) in [6.45, 7) is 5.83. The van der Waals surface area contributed by atoms with Crippen LogP contribution in [0.5, 0.6) is 0 Å². The van der Waals surface area contributed by atoms with Crippen molar-refractivity contribution in [3.8, 4) is 5.69 Å². The fourth-order valence-corrected chi connectivity index (χ4v) is 4.10. The van der Waals surface area contributed by atoms with Crippen molar-refractivity contribution < 1.29 is 4.92 Å². The van der Waals surface area contributed by atoms with Gasteiger partial charge in [-0.15, -0.1) is 10.2 Å². The Labute approximate surface area is 162 Å². The van der Waals surface area contributed by atoms with Crippen LogP contribution in [0.1, 0.15) is 34.7 Å². The van der Waals surface area contributed by atoms with Crippen molar-refractivity contribution in [1.29, 1.82) is 0 Å². The summed E-state index contributed by atoms with van der Waals surface area (Å²) in [5, 5.41) is 20.1. The molecule has 0 bridgehead atoms. The summed E-state index contributed by atoms with van der Waals surface area (Å²) in [6, 6.07) is 16.1. The fraction of sp³-hybridized carbons (Fsp3) is 0.300. The van der Waals surface area contributed by atoms with Gasteiger partial charge in [0.25, 0.3) is 0 Å². The van der Waals surface area contributed by atoms with Crippen molar-refractivity contribution in [2.45, 2.75) is 37.6 Å². The molecule has 0 radical (unpaired) electrons. The average Bonchev–Trinajstić information content (AvgIpc) is 3.01. The molecular weight excluding hydrogens is 360 g/mol. The molecule has 6 nitrogen and oxygen atoms in total. The average molecular weight is 382 g/mol. The van der Waals surface area contributed by atoms with Gasteiger partial charge in [0.05, 0.1) is 0 Å². The number of nitro groups is 1. The lowest BCUT2D eigenvalue weighted by atomic mass is 10.1. The molecule has 0 spiro atoms. The van der Waals surface area contributed by atoms with Crippen LogP contribution in [0.2, 0.25) is 0 Å². The second kappa shape index (κ2) is 8.35. The minimum absolute atomic E-state index is 0.171. The molecule has 0 unspecified atom stereocenters. The monoisotopic (exact) mass is 382 g/mol. The van der Waals surface area contributed by atoms with Crippen LogP contribution in [0.15, 0.2) is 53.7 Å². The maximum Gasteiger partial charge on any atom is 0.220 e. The van der Waals surface area contributed by atoms with Crippen molar-refractivity contribution in [1.82, 2.24) is 14.8 Å². The van der Waals surface area contributed by atoms with E-state index in [0.29, 0.717) is 5.16 Å². The second-order valence-electron chi connectivity index (χ2n) is 6.42. The highest BCUT2D eigenvalue weighted by Gasteiger charge is 2.23. The van der Waals surface area contributed by atoms with Gasteiger partial charge in [0.2, 0.25) is 6.54 Å². The van der Waals surface area contributed by atoms with Gasteiger partial charge < -0.3 is 0 Å². The summed E-state index contributed by atoms with van der Waals surface area (Å²) in [7, 11) is 0. The summed E-state index contributed by atoms with van der Waals surface area (Å²) >= 11 is 1.38. The Morgan fingerprint density at radius 2 is 1.89 bits per heavy atom. The predicted octanol–water partition coefficient (Wildman–Crippen LogP) is 4.56. The van der Waals surface area contributed by atoms with E-state index in [0.717, 1.165) is 29.1 Å². The maximum absolute atomic E-state index is 11.3.